The minimum absolute atomic E-state index is 0.0809. The highest BCUT2D eigenvalue weighted by Crippen LogP contribution is 2.27. The normalized spacial score (nSPS) is 10.4. The average Bonchev–Trinajstić information content (AvgIpc) is 2.20. The van der Waals surface area contributed by atoms with Gasteiger partial charge < -0.3 is 5.11 Å². The number of hydrogen-bond donors (Lipinski definition) is 1. The fourth-order valence-electron chi connectivity index (χ4n) is 1.57. The highest BCUT2D eigenvalue weighted by Gasteiger charge is 2.04. The van der Waals surface area contributed by atoms with Gasteiger partial charge in [0.2, 0.25) is 0 Å². The Labute approximate surface area is 98.1 Å². The van der Waals surface area contributed by atoms with Gasteiger partial charge in [-0.05, 0) is 47.9 Å². The van der Waals surface area contributed by atoms with E-state index in [-0.39, 0.29) is 5.75 Å². The number of aromatic hydroxyl groups is 1. The molecule has 0 aliphatic rings. The molecule has 82 valence electrons. The Bertz CT molecular complexity index is 517. The summed E-state index contributed by atoms with van der Waals surface area (Å²) in [5, 5.41) is 9.98. The van der Waals surface area contributed by atoms with E-state index in [1.54, 1.807) is 12.1 Å². The van der Waals surface area contributed by atoms with Gasteiger partial charge in [-0.25, -0.2) is 4.39 Å². The molecule has 0 bridgehead atoms. The third kappa shape index (κ3) is 2.17. The second-order valence-corrected chi connectivity index (χ2v) is 4.07. The first-order chi connectivity index (χ1) is 7.56. The maximum Gasteiger partial charge on any atom is 0.127 e. The van der Waals surface area contributed by atoms with Gasteiger partial charge in [0, 0.05) is 11.1 Å². The number of phenols is 1. The van der Waals surface area contributed by atoms with Crippen LogP contribution in [0, 0.1) is 12.7 Å². The molecule has 16 heavy (non-hydrogen) atoms. The first-order valence-electron chi connectivity index (χ1n) is 4.82. The molecule has 1 N–H and O–H groups in total. The summed E-state index contributed by atoms with van der Waals surface area (Å²) in [5.41, 5.74) is 2.39. The standard InChI is InChI=1S/C13H10ClFO/c1-8-4-9(2-3-13(8)14)10-5-11(15)7-12(16)6-10/h2-7,16H,1H3. The molecule has 0 unspecified atom stereocenters. The van der Waals surface area contributed by atoms with Crippen molar-refractivity contribution in [3.8, 4) is 16.9 Å². The molecule has 0 fully saturated rings. The van der Waals surface area contributed by atoms with Gasteiger partial charge in [0.25, 0.3) is 0 Å². The van der Waals surface area contributed by atoms with Gasteiger partial charge in [0.1, 0.15) is 11.6 Å². The second-order valence-electron chi connectivity index (χ2n) is 3.66. The predicted molar refractivity (Wildman–Crippen MR) is 63.2 cm³/mol. The molecule has 0 saturated heterocycles. The van der Waals surface area contributed by atoms with Gasteiger partial charge in [0.15, 0.2) is 0 Å². The molecular formula is C13H10ClFO. The van der Waals surface area contributed by atoms with Crippen molar-refractivity contribution in [1.82, 2.24) is 0 Å². The van der Waals surface area contributed by atoms with Gasteiger partial charge in [-0.2, -0.15) is 0 Å². The van der Waals surface area contributed by atoms with Crippen molar-refractivity contribution in [2.24, 2.45) is 0 Å². The van der Waals surface area contributed by atoms with Crippen LogP contribution in [0.2, 0.25) is 5.02 Å². The maximum atomic E-state index is 13.1. The molecule has 0 amide bonds. The molecule has 2 rings (SSSR count). The molecule has 0 aliphatic carbocycles. The number of aryl methyl sites for hydroxylation is 1. The Kier molecular flexibility index (Phi) is 2.84. The van der Waals surface area contributed by atoms with E-state index in [9.17, 15) is 9.50 Å². The zero-order chi connectivity index (χ0) is 11.7. The molecular weight excluding hydrogens is 227 g/mol. The van der Waals surface area contributed by atoms with E-state index < -0.39 is 5.82 Å². The Morgan fingerprint density at radius 3 is 2.44 bits per heavy atom. The second kappa shape index (κ2) is 4.14. The zero-order valence-corrected chi connectivity index (χ0v) is 9.42. The summed E-state index contributed by atoms with van der Waals surface area (Å²) in [6, 6.07) is 9.38. The van der Waals surface area contributed by atoms with Crippen LogP contribution in [0.5, 0.6) is 5.75 Å². The molecule has 0 heterocycles. The molecule has 1 nitrogen and oxygen atoms in total. The monoisotopic (exact) mass is 236 g/mol. The van der Waals surface area contributed by atoms with Crippen LogP contribution in [0.3, 0.4) is 0 Å². The van der Waals surface area contributed by atoms with Gasteiger partial charge in [-0.15, -0.1) is 0 Å². The lowest BCUT2D eigenvalue weighted by atomic mass is 10.0. The lowest BCUT2D eigenvalue weighted by Gasteiger charge is -2.05. The van der Waals surface area contributed by atoms with E-state index >= 15 is 0 Å². The van der Waals surface area contributed by atoms with Crippen molar-refractivity contribution in [2.75, 3.05) is 0 Å². The molecule has 0 radical (unpaired) electrons. The minimum atomic E-state index is -0.456. The van der Waals surface area contributed by atoms with Crippen molar-refractivity contribution in [3.05, 3.63) is 52.8 Å². The lowest BCUT2D eigenvalue weighted by molar-refractivity contribution is 0.469. The summed E-state index contributed by atoms with van der Waals surface area (Å²) in [7, 11) is 0. The van der Waals surface area contributed by atoms with E-state index in [4.69, 9.17) is 11.6 Å². The summed E-state index contributed by atoms with van der Waals surface area (Å²) in [4.78, 5) is 0. The highest BCUT2D eigenvalue weighted by atomic mass is 35.5. The van der Waals surface area contributed by atoms with E-state index in [2.05, 4.69) is 0 Å². The molecule has 0 aliphatic heterocycles. The van der Waals surface area contributed by atoms with Crippen LogP contribution in [0.1, 0.15) is 5.56 Å². The van der Waals surface area contributed by atoms with Crippen LogP contribution < -0.4 is 0 Å². The van der Waals surface area contributed by atoms with Crippen molar-refractivity contribution >= 4 is 11.6 Å². The Hall–Kier alpha value is -1.54. The summed E-state index contributed by atoms with van der Waals surface area (Å²) < 4.78 is 13.1. The van der Waals surface area contributed by atoms with Crippen LogP contribution in [-0.4, -0.2) is 5.11 Å². The van der Waals surface area contributed by atoms with Gasteiger partial charge in [-0.3, -0.25) is 0 Å². The van der Waals surface area contributed by atoms with E-state index in [1.165, 1.54) is 12.1 Å². The van der Waals surface area contributed by atoms with E-state index in [0.29, 0.717) is 10.6 Å². The molecule has 0 atom stereocenters. The van der Waals surface area contributed by atoms with Crippen LogP contribution in [0.25, 0.3) is 11.1 Å². The largest absolute Gasteiger partial charge is 0.508 e. The maximum absolute atomic E-state index is 13.1. The first kappa shape index (κ1) is 11.0. The van der Waals surface area contributed by atoms with Crippen LogP contribution in [-0.2, 0) is 0 Å². The van der Waals surface area contributed by atoms with Crippen LogP contribution in [0.15, 0.2) is 36.4 Å². The third-order valence-corrected chi connectivity index (χ3v) is 2.80. The van der Waals surface area contributed by atoms with Gasteiger partial charge in [-0.1, -0.05) is 17.7 Å². The Balaban J connectivity index is 2.54. The third-order valence-electron chi connectivity index (χ3n) is 2.37. The number of hydrogen-bond acceptors (Lipinski definition) is 1. The lowest BCUT2D eigenvalue weighted by Crippen LogP contribution is -1.83. The topological polar surface area (TPSA) is 20.2 Å². The van der Waals surface area contributed by atoms with Crippen molar-refractivity contribution in [1.29, 1.82) is 0 Å². The molecule has 0 saturated carbocycles. The SMILES string of the molecule is Cc1cc(-c2cc(O)cc(F)c2)ccc1Cl. The van der Waals surface area contributed by atoms with Crippen LogP contribution >= 0.6 is 11.6 Å². The van der Waals surface area contributed by atoms with Crippen molar-refractivity contribution in [2.45, 2.75) is 6.92 Å². The number of benzene rings is 2. The van der Waals surface area contributed by atoms with E-state index in [1.807, 2.05) is 13.0 Å². The summed E-state index contributed by atoms with van der Waals surface area (Å²) in [6.07, 6.45) is 0. The quantitative estimate of drug-likeness (QED) is 0.788. The highest BCUT2D eigenvalue weighted by molar-refractivity contribution is 6.31. The number of rotatable bonds is 1. The molecule has 0 spiro atoms. The minimum Gasteiger partial charge on any atom is -0.508 e. The Morgan fingerprint density at radius 2 is 1.81 bits per heavy atom. The molecule has 2 aromatic carbocycles. The van der Waals surface area contributed by atoms with Crippen molar-refractivity contribution < 1.29 is 9.50 Å². The Morgan fingerprint density at radius 1 is 1.06 bits per heavy atom. The summed E-state index contributed by atoms with van der Waals surface area (Å²) in [5.74, 6) is -0.537. The summed E-state index contributed by atoms with van der Waals surface area (Å²) in [6.45, 7) is 1.88. The fourth-order valence-corrected chi connectivity index (χ4v) is 1.68. The predicted octanol–water partition coefficient (Wildman–Crippen LogP) is 4.16. The fraction of sp³-hybridized carbons (Fsp3) is 0.0769. The van der Waals surface area contributed by atoms with Crippen LogP contribution in [0.4, 0.5) is 4.39 Å². The smallest absolute Gasteiger partial charge is 0.127 e. The first-order valence-corrected chi connectivity index (χ1v) is 5.20. The number of phenolic OH excluding ortho intramolecular Hbond substituents is 1. The molecule has 0 aromatic heterocycles. The van der Waals surface area contributed by atoms with Gasteiger partial charge in [0.05, 0.1) is 0 Å². The van der Waals surface area contributed by atoms with Crippen molar-refractivity contribution in [3.63, 3.8) is 0 Å². The molecule has 2 aromatic rings. The average molecular weight is 237 g/mol. The number of halogens is 2. The summed E-state index contributed by atoms with van der Waals surface area (Å²) >= 11 is 5.91. The van der Waals surface area contributed by atoms with E-state index in [0.717, 1.165) is 17.2 Å². The van der Waals surface area contributed by atoms with Gasteiger partial charge >= 0.3 is 0 Å². The zero-order valence-electron chi connectivity index (χ0n) is 8.67. The molecule has 3 heteroatoms.